The monoisotopic (exact) mass is 708 g/mol. The van der Waals surface area contributed by atoms with Crippen LogP contribution in [0.5, 0.6) is 5.75 Å². The van der Waals surface area contributed by atoms with Crippen LogP contribution in [0.1, 0.15) is 43.5 Å². The number of hydrogen-bond donors (Lipinski definition) is 0. The summed E-state index contributed by atoms with van der Waals surface area (Å²) < 4.78 is 67.9. The molecule has 0 unspecified atom stereocenters. The zero-order valence-electron chi connectivity index (χ0n) is 26.2. The van der Waals surface area contributed by atoms with Crippen molar-refractivity contribution in [2.75, 3.05) is 34.3 Å². The molecule has 1 saturated heterocycles. The Morgan fingerprint density at radius 2 is 1.80 bits per heavy atom. The van der Waals surface area contributed by atoms with E-state index in [1.165, 1.54) is 30.0 Å². The number of rotatable bonds is 10. The van der Waals surface area contributed by atoms with Crippen molar-refractivity contribution in [3.63, 3.8) is 0 Å². The Hall–Kier alpha value is -2.67. The van der Waals surface area contributed by atoms with Crippen LogP contribution in [0.3, 0.4) is 0 Å². The summed E-state index contributed by atoms with van der Waals surface area (Å²) in [5, 5.41) is 0.972. The van der Waals surface area contributed by atoms with Crippen molar-refractivity contribution < 1.29 is 26.4 Å². The number of benzene rings is 3. The van der Waals surface area contributed by atoms with E-state index in [0.29, 0.717) is 39.1 Å². The molecule has 0 spiro atoms. The maximum Gasteiger partial charge on any atom is 0.173 e. The zero-order chi connectivity index (χ0) is 33.4. The summed E-state index contributed by atoms with van der Waals surface area (Å²) in [6.45, 7) is 5.59. The Labute approximate surface area is 283 Å². The molecule has 2 heterocycles. The maximum atomic E-state index is 15.5. The van der Waals surface area contributed by atoms with Crippen LogP contribution in [0.15, 0.2) is 70.8 Å². The summed E-state index contributed by atoms with van der Waals surface area (Å²) in [4.78, 5) is 4.40. The van der Waals surface area contributed by atoms with Gasteiger partial charge in [-0.25, -0.2) is 22.2 Å². The highest BCUT2D eigenvalue weighted by molar-refractivity contribution is 7.98. The van der Waals surface area contributed by atoms with Crippen molar-refractivity contribution in [3.8, 4) is 11.4 Å². The smallest absolute Gasteiger partial charge is 0.173 e. The van der Waals surface area contributed by atoms with E-state index < -0.39 is 21.3 Å². The first-order chi connectivity index (χ1) is 21.6. The molecule has 1 atom stereocenters. The first-order valence-corrected chi connectivity index (χ1v) is 17.9. The highest BCUT2D eigenvalue weighted by atomic mass is 35.5. The molecule has 246 valence electrons. The van der Waals surface area contributed by atoms with E-state index in [-0.39, 0.29) is 33.1 Å². The average molecular weight is 710 g/mol. The molecule has 1 fully saturated rings. The predicted molar refractivity (Wildman–Crippen MR) is 180 cm³/mol. The zero-order valence-corrected chi connectivity index (χ0v) is 29.4. The molecule has 0 saturated carbocycles. The molecule has 0 radical (unpaired) electrons. The van der Waals surface area contributed by atoms with Gasteiger partial charge in [0.05, 0.1) is 56.1 Å². The van der Waals surface area contributed by atoms with Crippen LogP contribution in [0.25, 0.3) is 10.4 Å². The molecular formula is C33H36Cl2F2N4O3S2. The van der Waals surface area contributed by atoms with Gasteiger partial charge in [-0.1, -0.05) is 67.3 Å². The van der Waals surface area contributed by atoms with E-state index in [1.807, 2.05) is 44.6 Å². The first kappa shape index (κ1) is 34.7. The lowest BCUT2D eigenvalue weighted by molar-refractivity contribution is -0.895. The quantitative estimate of drug-likeness (QED) is 0.122. The van der Waals surface area contributed by atoms with Crippen molar-refractivity contribution in [2.45, 2.75) is 54.0 Å². The van der Waals surface area contributed by atoms with Gasteiger partial charge in [-0.2, -0.15) is 0 Å². The molecular weight excluding hydrogens is 673 g/mol. The van der Waals surface area contributed by atoms with E-state index >= 15 is 4.39 Å². The van der Waals surface area contributed by atoms with Gasteiger partial charge in [0.2, 0.25) is 0 Å². The van der Waals surface area contributed by atoms with E-state index in [1.54, 1.807) is 31.5 Å². The number of hydrogen-bond acceptors (Lipinski definition) is 5. The van der Waals surface area contributed by atoms with E-state index in [9.17, 15) is 12.8 Å². The van der Waals surface area contributed by atoms with Crippen molar-refractivity contribution in [2.24, 2.45) is 0 Å². The summed E-state index contributed by atoms with van der Waals surface area (Å²) in [5.74, 6) is -0.547. The number of nitrogens with zero attached hydrogens (tertiary/aromatic N) is 4. The van der Waals surface area contributed by atoms with Crippen LogP contribution in [-0.2, 0) is 21.2 Å². The number of piperidine rings is 1. The number of methoxy groups -OCH3 is 1. The third kappa shape index (κ3) is 7.40. The molecule has 1 aromatic heterocycles. The molecule has 1 aliphatic heterocycles. The van der Waals surface area contributed by atoms with E-state index in [2.05, 4.69) is 9.71 Å². The first-order valence-electron chi connectivity index (χ1n) is 14.7. The van der Waals surface area contributed by atoms with E-state index in [0.717, 1.165) is 30.3 Å². The Morgan fingerprint density at radius 1 is 1.09 bits per heavy atom. The molecule has 4 aromatic rings. The van der Waals surface area contributed by atoms with Gasteiger partial charge in [0.15, 0.2) is 5.16 Å². The fourth-order valence-electron chi connectivity index (χ4n) is 5.77. The Kier molecular flexibility index (Phi) is 10.1. The summed E-state index contributed by atoms with van der Waals surface area (Å²) in [7, 11) is 1.51. The maximum absolute atomic E-state index is 15.5. The van der Waals surface area contributed by atoms with Gasteiger partial charge in [-0.3, -0.25) is 4.57 Å². The standard InChI is InChI=1S/C33H36Cl2F2N4O3S2/c1-33(2,21-8-13-27(34)30(15-21)44-5)31-18-38-32(40(31)24-11-9-22(36)10-12-24)45-20-26-28(35)16-25(17-29(26)37)46(42,43)39-23-7-6-14-41(3,4)19-23/h8-13,15-18,23H,6-7,14,19-20H2,1-5H3/t23-/m0/s1. The summed E-state index contributed by atoms with van der Waals surface area (Å²) in [6, 6.07) is 13.4. The fraction of sp³-hybridized carbons (Fsp3) is 0.364. The third-order valence-corrected chi connectivity index (χ3v) is 11.4. The van der Waals surface area contributed by atoms with Crippen LogP contribution < -0.4 is 4.74 Å². The number of aromatic nitrogens is 2. The van der Waals surface area contributed by atoms with Gasteiger partial charge in [-0.15, -0.1) is 0 Å². The summed E-state index contributed by atoms with van der Waals surface area (Å²) >= 11 is 14.0. The minimum absolute atomic E-state index is 0.0188. The Balaban J connectivity index is 1.45. The van der Waals surface area contributed by atoms with Crippen molar-refractivity contribution in [1.29, 1.82) is 0 Å². The summed E-state index contributed by atoms with van der Waals surface area (Å²) in [6.07, 6.45) is 3.26. The van der Waals surface area contributed by atoms with Crippen LogP contribution in [0.2, 0.25) is 10.0 Å². The lowest BCUT2D eigenvalue weighted by Gasteiger charge is -2.43. The van der Waals surface area contributed by atoms with Gasteiger partial charge in [0, 0.05) is 27.4 Å². The topological polar surface area (TPSA) is 75.3 Å². The second kappa shape index (κ2) is 13.4. The van der Waals surface area contributed by atoms with Crippen molar-refractivity contribution >= 4 is 45.0 Å². The molecule has 1 aliphatic rings. The minimum Gasteiger partial charge on any atom is -0.537 e. The van der Waals surface area contributed by atoms with Gasteiger partial charge >= 0.3 is 0 Å². The number of imidazole rings is 1. The molecule has 13 heteroatoms. The highest BCUT2D eigenvalue weighted by Crippen LogP contribution is 2.40. The minimum atomic E-state index is -4.11. The number of likely N-dealkylation sites (N-methyl/N-ethyl adjacent to an activating group) is 1. The molecule has 0 N–H and O–H groups in total. The number of sulfonamides is 1. The van der Waals surface area contributed by atoms with Gasteiger partial charge in [0.25, 0.3) is 0 Å². The number of likely N-dealkylation sites (tertiary alicyclic amines) is 1. The molecule has 46 heavy (non-hydrogen) atoms. The lowest BCUT2D eigenvalue weighted by atomic mass is 9.81. The average Bonchev–Trinajstić information content (AvgIpc) is 3.41. The predicted octanol–water partition coefficient (Wildman–Crippen LogP) is 8.39. The van der Waals surface area contributed by atoms with Crippen LogP contribution in [0.4, 0.5) is 8.78 Å². The fourth-order valence-corrected chi connectivity index (χ4v) is 8.61. The van der Waals surface area contributed by atoms with Crippen LogP contribution in [-0.4, -0.2) is 62.8 Å². The normalized spacial score (nSPS) is 16.8. The Bertz CT molecular complexity index is 1830. The molecule has 7 nitrogen and oxygen atoms in total. The Morgan fingerprint density at radius 3 is 2.46 bits per heavy atom. The number of quaternary nitrogens is 1. The van der Waals surface area contributed by atoms with E-state index in [4.69, 9.17) is 27.9 Å². The third-order valence-electron chi connectivity index (χ3n) is 8.38. The van der Waals surface area contributed by atoms with Crippen molar-refractivity contribution in [1.82, 2.24) is 9.55 Å². The number of thioether (sulfide) groups is 1. The number of ether oxygens (including phenoxy) is 1. The molecule has 0 aliphatic carbocycles. The van der Waals surface area contributed by atoms with Crippen molar-refractivity contribution in [3.05, 3.63) is 104 Å². The van der Waals surface area contributed by atoms with Gasteiger partial charge < -0.3 is 13.9 Å². The summed E-state index contributed by atoms with van der Waals surface area (Å²) in [5.41, 5.74) is 1.86. The molecule has 0 bridgehead atoms. The highest BCUT2D eigenvalue weighted by Gasteiger charge is 2.31. The molecule has 0 amide bonds. The molecule has 5 rings (SSSR count). The second-order valence-corrected chi connectivity index (χ2v) is 16.0. The molecule has 3 aromatic carbocycles. The van der Waals surface area contributed by atoms with Crippen LogP contribution >= 0.6 is 35.0 Å². The SMILES string of the molecule is COc1cc(C(C)(C)c2cnc(SCc3c(F)cc(S(=O)(=O)[N-][C@H]4CCC[N+](C)(C)C4)cc3Cl)n2-c2ccc(F)cc2)ccc1Cl. The second-order valence-electron chi connectivity index (χ2n) is 12.6. The largest absolute Gasteiger partial charge is 0.537 e. The lowest BCUT2D eigenvalue weighted by Crippen LogP contribution is -2.49. The van der Waals surface area contributed by atoms with Gasteiger partial charge in [0.1, 0.15) is 27.4 Å². The van der Waals surface area contributed by atoms with Gasteiger partial charge in [-0.05, 0) is 60.5 Å². The van der Waals surface area contributed by atoms with Crippen LogP contribution in [0, 0.1) is 11.6 Å². The number of halogens is 4.